The maximum absolute atomic E-state index is 5.86. The van der Waals surface area contributed by atoms with Gasteiger partial charge in [0.1, 0.15) is 5.75 Å². The first kappa shape index (κ1) is 11.0. The Morgan fingerprint density at radius 2 is 2.21 bits per heavy atom. The number of aryl methyl sites for hydroxylation is 1. The summed E-state index contributed by atoms with van der Waals surface area (Å²) in [5, 5.41) is 3.01. The molecule has 1 aromatic carbocycles. The molecule has 0 amide bonds. The van der Waals surface area contributed by atoms with E-state index >= 15 is 0 Å². The van der Waals surface area contributed by atoms with E-state index in [-0.39, 0.29) is 6.17 Å². The molecule has 3 N–H and O–H groups in total. The van der Waals surface area contributed by atoms with Crippen LogP contribution < -0.4 is 15.8 Å². The highest BCUT2D eigenvalue weighted by Gasteiger charge is 2.06. The maximum Gasteiger partial charge on any atom is 0.122 e. The van der Waals surface area contributed by atoms with E-state index in [0.717, 1.165) is 17.7 Å². The van der Waals surface area contributed by atoms with Crippen LogP contribution in [0.1, 0.15) is 24.2 Å². The third-order valence-electron chi connectivity index (χ3n) is 2.36. The molecule has 0 spiro atoms. The topological polar surface area (TPSA) is 47.3 Å². The third-order valence-corrected chi connectivity index (χ3v) is 2.36. The minimum Gasteiger partial charge on any atom is -0.496 e. The molecule has 0 aliphatic heterocycles. The van der Waals surface area contributed by atoms with Crippen LogP contribution in [0.25, 0.3) is 0 Å². The molecule has 0 aliphatic carbocycles. The highest BCUT2D eigenvalue weighted by Crippen LogP contribution is 2.22. The van der Waals surface area contributed by atoms with Crippen LogP contribution in [0.4, 0.5) is 0 Å². The number of hydrogen-bond acceptors (Lipinski definition) is 3. The Labute approximate surface area is 85.3 Å². The van der Waals surface area contributed by atoms with E-state index in [1.807, 2.05) is 19.2 Å². The van der Waals surface area contributed by atoms with Crippen molar-refractivity contribution in [3.05, 3.63) is 29.3 Å². The summed E-state index contributed by atoms with van der Waals surface area (Å²) in [4.78, 5) is 0. The summed E-state index contributed by atoms with van der Waals surface area (Å²) >= 11 is 0. The quantitative estimate of drug-likeness (QED) is 0.713. The molecule has 3 nitrogen and oxygen atoms in total. The smallest absolute Gasteiger partial charge is 0.122 e. The molecule has 1 unspecified atom stereocenters. The number of hydrogen-bond donors (Lipinski definition) is 2. The molecule has 0 fully saturated rings. The van der Waals surface area contributed by atoms with Crippen LogP contribution >= 0.6 is 0 Å². The molecular formula is C11H18N2O. The average Bonchev–Trinajstić information content (AvgIpc) is 2.26. The van der Waals surface area contributed by atoms with Crippen molar-refractivity contribution in [3.63, 3.8) is 0 Å². The Kier molecular flexibility index (Phi) is 3.92. The molecule has 0 bridgehead atoms. The van der Waals surface area contributed by atoms with Crippen LogP contribution in [-0.2, 0) is 6.42 Å². The first-order valence-electron chi connectivity index (χ1n) is 4.82. The van der Waals surface area contributed by atoms with Gasteiger partial charge in [0.25, 0.3) is 0 Å². The lowest BCUT2D eigenvalue weighted by Gasteiger charge is -2.14. The zero-order valence-corrected chi connectivity index (χ0v) is 9.00. The third kappa shape index (κ3) is 2.25. The Morgan fingerprint density at radius 1 is 1.50 bits per heavy atom. The van der Waals surface area contributed by atoms with Crippen molar-refractivity contribution in [1.82, 2.24) is 5.32 Å². The molecule has 0 heterocycles. The Morgan fingerprint density at radius 3 is 2.71 bits per heavy atom. The molecule has 14 heavy (non-hydrogen) atoms. The van der Waals surface area contributed by atoms with Crippen molar-refractivity contribution in [2.75, 3.05) is 14.2 Å². The van der Waals surface area contributed by atoms with Gasteiger partial charge in [-0.3, -0.25) is 0 Å². The summed E-state index contributed by atoms with van der Waals surface area (Å²) < 4.78 is 5.24. The second kappa shape index (κ2) is 4.98. The van der Waals surface area contributed by atoms with Crippen LogP contribution in [-0.4, -0.2) is 14.2 Å². The molecule has 0 saturated heterocycles. The van der Waals surface area contributed by atoms with Gasteiger partial charge in [-0.05, 0) is 36.7 Å². The fourth-order valence-corrected chi connectivity index (χ4v) is 1.43. The highest BCUT2D eigenvalue weighted by atomic mass is 16.5. The fourth-order valence-electron chi connectivity index (χ4n) is 1.43. The monoisotopic (exact) mass is 194 g/mol. The number of nitrogens with one attached hydrogen (secondary N) is 1. The second-order valence-electron chi connectivity index (χ2n) is 3.19. The molecule has 0 saturated carbocycles. The van der Waals surface area contributed by atoms with Crippen LogP contribution in [0.5, 0.6) is 5.75 Å². The number of methoxy groups -OCH3 is 1. The van der Waals surface area contributed by atoms with E-state index in [2.05, 4.69) is 18.3 Å². The van der Waals surface area contributed by atoms with Gasteiger partial charge in [-0.1, -0.05) is 13.0 Å². The van der Waals surface area contributed by atoms with Gasteiger partial charge in [-0.15, -0.1) is 0 Å². The first-order valence-corrected chi connectivity index (χ1v) is 4.82. The molecular weight excluding hydrogens is 176 g/mol. The van der Waals surface area contributed by atoms with Crippen LogP contribution in [0.3, 0.4) is 0 Å². The van der Waals surface area contributed by atoms with E-state index in [1.165, 1.54) is 5.56 Å². The number of benzene rings is 1. The van der Waals surface area contributed by atoms with Crippen molar-refractivity contribution in [3.8, 4) is 5.75 Å². The lowest BCUT2D eigenvalue weighted by Crippen LogP contribution is -2.24. The largest absolute Gasteiger partial charge is 0.496 e. The first-order chi connectivity index (χ1) is 6.72. The standard InChI is InChI=1S/C11H18N2O/c1-4-8-7-9(11(12)13-2)5-6-10(8)14-3/h5-7,11,13H,4,12H2,1-3H3. The Hall–Kier alpha value is -1.06. The van der Waals surface area contributed by atoms with Crippen molar-refractivity contribution in [1.29, 1.82) is 0 Å². The van der Waals surface area contributed by atoms with Gasteiger partial charge in [0, 0.05) is 0 Å². The second-order valence-corrected chi connectivity index (χ2v) is 3.19. The zero-order chi connectivity index (χ0) is 10.6. The average molecular weight is 194 g/mol. The molecule has 0 aromatic heterocycles. The SMILES string of the molecule is CCc1cc(C(N)NC)ccc1OC. The van der Waals surface area contributed by atoms with Gasteiger partial charge in [0.15, 0.2) is 0 Å². The summed E-state index contributed by atoms with van der Waals surface area (Å²) in [5.74, 6) is 0.930. The molecule has 78 valence electrons. The van der Waals surface area contributed by atoms with Crippen molar-refractivity contribution in [2.24, 2.45) is 5.73 Å². The van der Waals surface area contributed by atoms with Crippen molar-refractivity contribution >= 4 is 0 Å². The number of nitrogens with two attached hydrogens (primary N) is 1. The van der Waals surface area contributed by atoms with Gasteiger partial charge >= 0.3 is 0 Å². The number of ether oxygens (including phenoxy) is 1. The molecule has 0 radical (unpaired) electrons. The lowest BCUT2D eigenvalue weighted by molar-refractivity contribution is 0.409. The summed E-state index contributed by atoms with van der Waals surface area (Å²) in [7, 11) is 3.53. The van der Waals surface area contributed by atoms with Gasteiger partial charge in [-0.2, -0.15) is 0 Å². The lowest BCUT2D eigenvalue weighted by atomic mass is 10.1. The predicted octanol–water partition coefficient (Wildman–Crippen LogP) is 1.43. The van der Waals surface area contributed by atoms with Gasteiger partial charge in [-0.25, -0.2) is 0 Å². The Balaban J connectivity index is 3.01. The molecule has 1 atom stereocenters. The minimum absolute atomic E-state index is 0.105. The molecule has 3 heteroatoms. The van der Waals surface area contributed by atoms with Crippen LogP contribution in [0.15, 0.2) is 18.2 Å². The van der Waals surface area contributed by atoms with Gasteiger partial charge in [0.05, 0.1) is 13.3 Å². The van der Waals surface area contributed by atoms with E-state index in [9.17, 15) is 0 Å². The van der Waals surface area contributed by atoms with Crippen LogP contribution in [0.2, 0.25) is 0 Å². The van der Waals surface area contributed by atoms with E-state index in [4.69, 9.17) is 10.5 Å². The minimum atomic E-state index is -0.105. The summed E-state index contributed by atoms with van der Waals surface area (Å²) in [5.41, 5.74) is 8.14. The molecule has 1 rings (SSSR count). The van der Waals surface area contributed by atoms with Gasteiger partial charge < -0.3 is 15.8 Å². The normalized spacial score (nSPS) is 12.6. The summed E-state index contributed by atoms with van der Waals surface area (Å²) in [6, 6.07) is 6.03. The summed E-state index contributed by atoms with van der Waals surface area (Å²) in [6.45, 7) is 2.10. The fraction of sp³-hybridized carbons (Fsp3) is 0.455. The van der Waals surface area contributed by atoms with E-state index in [1.54, 1.807) is 7.11 Å². The highest BCUT2D eigenvalue weighted by molar-refractivity contribution is 5.38. The van der Waals surface area contributed by atoms with E-state index < -0.39 is 0 Å². The summed E-state index contributed by atoms with van der Waals surface area (Å²) in [6.07, 6.45) is 0.846. The molecule has 1 aromatic rings. The number of rotatable bonds is 4. The van der Waals surface area contributed by atoms with Gasteiger partial charge in [0.2, 0.25) is 0 Å². The van der Waals surface area contributed by atoms with Crippen molar-refractivity contribution in [2.45, 2.75) is 19.5 Å². The van der Waals surface area contributed by atoms with Crippen LogP contribution in [0, 0.1) is 0 Å². The maximum atomic E-state index is 5.86. The Bertz CT molecular complexity index is 299. The predicted molar refractivity (Wildman–Crippen MR) is 58.4 cm³/mol. The van der Waals surface area contributed by atoms with E-state index in [0.29, 0.717) is 0 Å². The molecule has 0 aliphatic rings. The van der Waals surface area contributed by atoms with Crippen molar-refractivity contribution < 1.29 is 4.74 Å². The zero-order valence-electron chi connectivity index (χ0n) is 9.00.